The topological polar surface area (TPSA) is 18.5 Å². The van der Waals surface area contributed by atoms with Crippen LogP contribution in [0.25, 0.3) is 10.8 Å². The Morgan fingerprint density at radius 2 is 1.26 bits per heavy atom. The van der Waals surface area contributed by atoms with E-state index in [4.69, 9.17) is 9.47 Å². The molecule has 0 aromatic heterocycles. The average molecular weight is 371 g/mol. The van der Waals surface area contributed by atoms with Gasteiger partial charge in [-0.1, -0.05) is 71.3 Å². The van der Waals surface area contributed by atoms with Gasteiger partial charge in [-0.05, 0) is 60.4 Å². The van der Waals surface area contributed by atoms with Gasteiger partial charge in [0, 0.05) is 0 Å². The summed E-state index contributed by atoms with van der Waals surface area (Å²) in [5, 5.41) is 2.45. The summed E-state index contributed by atoms with van der Waals surface area (Å²) in [4.78, 5) is 0. The molecule has 0 N–H and O–H groups in total. The monoisotopic (exact) mass is 370 g/mol. The number of benzene rings is 2. The highest BCUT2D eigenvalue weighted by Gasteiger charge is 2.05. The molecule has 0 unspecified atom stereocenters. The smallest absolute Gasteiger partial charge is 0.122 e. The van der Waals surface area contributed by atoms with Crippen LogP contribution < -0.4 is 9.47 Å². The molecule has 2 aromatic carbocycles. The van der Waals surface area contributed by atoms with Crippen molar-refractivity contribution in [1.29, 1.82) is 0 Å². The predicted molar refractivity (Wildman–Crippen MR) is 117 cm³/mol. The van der Waals surface area contributed by atoms with E-state index >= 15 is 0 Å². The van der Waals surface area contributed by atoms with E-state index in [0.717, 1.165) is 37.6 Å². The quantitative estimate of drug-likeness (QED) is 0.315. The summed E-state index contributed by atoms with van der Waals surface area (Å²) in [7, 11) is 0. The molecule has 2 rings (SSSR count). The molecule has 0 radical (unpaired) electrons. The minimum absolute atomic E-state index is 0.813. The summed E-state index contributed by atoms with van der Waals surface area (Å²) in [6, 6.07) is 10.8. The van der Waals surface area contributed by atoms with Crippen molar-refractivity contribution in [2.45, 2.75) is 85.0 Å². The highest BCUT2D eigenvalue weighted by atomic mass is 16.5. The molecule has 0 aliphatic carbocycles. The molecule has 0 atom stereocenters. The van der Waals surface area contributed by atoms with Gasteiger partial charge in [-0.25, -0.2) is 0 Å². The molecule has 0 aliphatic rings. The molecule has 0 fully saturated rings. The van der Waals surface area contributed by atoms with Crippen LogP contribution in [0.2, 0.25) is 0 Å². The van der Waals surface area contributed by atoms with Crippen LogP contribution in [0.1, 0.15) is 83.6 Å². The van der Waals surface area contributed by atoms with E-state index < -0.39 is 0 Å². The Morgan fingerprint density at radius 3 is 1.93 bits per heavy atom. The van der Waals surface area contributed by atoms with Crippen molar-refractivity contribution in [3.8, 4) is 11.5 Å². The first-order valence-electron chi connectivity index (χ1n) is 11.0. The lowest BCUT2D eigenvalue weighted by atomic mass is 10.1. The largest absolute Gasteiger partial charge is 0.494 e. The molecule has 150 valence electrons. The molecule has 0 saturated heterocycles. The van der Waals surface area contributed by atoms with Crippen molar-refractivity contribution >= 4 is 10.8 Å². The van der Waals surface area contributed by atoms with Crippen LogP contribution in [0.4, 0.5) is 0 Å². The van der Waals surface area contributed by atoms with E-state index in [1.165, 1.54) is 67.7 Å². The number of rotatable bonds is 14. The summed E-state index contributed by atoms with van der Waals surface area (Å²) < 4.78 is 12.0. The van der Waals surface area contributed by atoms with Crippen molar-refractivity contribution in [1.82, 2.24) is 0 Å². The average Bonchev–Trinajstić information content (AvgIpc) is 2.67. The van der Waals surface area contributed by atoms with Gasteiger partial charge in [0.05, 0.1) is 13.2 Å². The fraction of sp³-hybridized carbons (Fsp3) is 0.600. The lowest BCUT2D eigenvalue weighted by Crippen LogP contribution is -1.99. The Hall–Kier alpha value is -1.70. The van der Waals surface area contributed by atoms with Crippen molar-refractivity contribution in [2.24, 2.45) is 0 Å². The van der Waals surface area contributed by atoms with Gasteiger partial charge in [-0.3, -0.25) is 0 Å². The van der Waals surface area contributed by atoms with Gasteiger partial charge >= 0.3 is 0 Å². The molecule has 0 heterocycles. The van der Waals surface area contributed by atoms with Crippen molar-refractivity contribution in [2.75, 3.05) is 13.2 Å². The van der Waals surface area contributed by atoms with Crippen LogP contribution >= 0.6 is 0 Å². The summed E-state index contributed by atoms with van der Waals surface area (Å²) in [5.74, 6) is 1.99. The molecule has 0 bridgehead atoms. The van der Waals surface area contributed by atoms with E-state index in [1.807, 2.05) is 0 Å². The first-order valence-corrected chi connectivity index (χ1v) is 11.0. The Balaban J connectivity index is 1.84. The maximum Gasteiger partial charge on any atom is 0.122 e. The molecule has 0 amide bonds. The normalized spacial score (nSPS) is 11.1. The van der Waals surface area contributed by atoms with Crippen molar-refractivity contribution in [3.05, 3.63) is 35.9 Å². The van der Waals surface area contributed by atoms with Gasteiger partial charge in [0.15, 0.2) is 0 Å². The van der Waals surface area contributed by atoms with E-state index in [2.05, 4.69) is 51.1 Å². The second kappa shape index (κ2) is 12.6. The summed E-state index contributed by atoms with van der Waals surface area (Å²) >= 11 is 0. The Morgan fingerprint density at radius 1 is 0.630 bits per heavy atom. The molecular weight excluding hydrogens is 332 g/mol. The minimum Gasteiger partial charge on any atom is -0.494 e. The molecule has 0 saturated carbocycles. The van der Waals surface area contributed by atoms with Crippen LogP contribution in [0.15, 0.2) is 30.3 Å². The third-order valence-electron chi connectivity index (χ3n) is 5.13. The molecule has 2 aromatic rings. The molecular formula is C25H38O2. The van der Waals surface area contributed by atoms with Crippen LogP contribution in [0, 0.1) is 6.92 Å². The standard InChI is InChI=1S/C25H38O2/c1-4-6-8-10-12-16-26-24-15-14-22-20-25(21(3)18-23(22)19-24)27-17-13-11-9-7-5-2/h14-15,18-20H,4-13,16-17H2,1-3H3. The number of unbranched alkanes of at least 4 members (excludes halogenated alkanes) is 8. The van der Waals surface area contributed by atoms with Crippen LogP contribution in [0.3, 0.4) is 0 Å². The second-order valence-corrected chi connectivity index (χ2v) is 7.65. The molecule has 0 aliphatic heterocycles. The SMILES string of the molecule is CCCCCCCOc1ccc2cc(OCCCCCCC)c(C)cc2c1. The summed E-state index contributed by atoms with van der Waals surface area (Å²) in [5.41, 5.74) is 1.20. The van der Waals surface area contributed by atoms with Gasteiger partial charge in [0.25, 0.3) is 0 Å². The van der Waals surface area contributed by atoms with Crippen LogP contribution in [-0.2, 0) is 0 Å². The third kappa shape index (κ3) is 7.82. The van der Waals surface area contributed by atoms with Crippen LogP contribution in [0.5, 0.6) is 11.5 Å². The van der Waals surface area contributed by atoms with E-state index in [9.17, 15) is 0 Å². The van der Waals surface area contributed by atoms with Gasteiger partial charge in [-0.2, -0.15) is 0 Å². The maximum absolute atomic E-state index is 6.04. The fourth-order valence-corrected chi connectivity index (χ4v) is 3.40. The van der Waals surface area contributed by atoms with Crippen molar-refractivity contribution < 1.29 is 9.47 Å². The first-order chi connectivity index (χ1) is 13.2. The van der Waals surface area contributed by atoms with Gasteiger partial charge < -0.3 is 9.47 Å². The first kappa shape index (κ1) is 21.6. The van der Waals surface area contributed by atoms with E-state index in [0.29, 0.717) is 0 Å². The molecule has 2 nitrogen and oxygen atoms in total. The Kier molecular flexibility index (Phi) is 10.1. The number of fused-ring (bicyclic) bond motifs is 1. The lowest BCUT2D eigenvalue weighted by molar-refractivity contribution is 0.302. The van der Waals surface area contributed by atoms with E-state index in [-0.39, 0.29) is 0 Å². The Labute approximate surface area is 166 Å². The highest BCUT2D eigenvalue weighted by Crippen LogP contribution is 2.28. The Bertz CT molecular complexity index is 663. The van der Waals surface area contributed by atoms with E-state index in [1.54, 1.807) is 0 Å². The van der Waals surface area contributed by atoms with Gasteiger partial charge in [-0.15, -0.1) is 0 Å². The fourth-order valence-electron chi connectivity index (χ4n) is 3.40. The second-order valence-electron chi connectivity index (χ2n) is 7.65. The summed E-state index contributed by atoms with van der Waals surface area (Å²) in [6.07, 6.45) is 12.7. The van der Waals surface area contributed by atoms with Gasteiger partial charge in [0.1, 0.15) is 11.5 Å². The zero-order valence-corrected chi connectivity index (χ0v) is 17.7. The third-order valence-corrected chi connectivity index (χ3v) is 5.13. The highest BCUT2D eigenvalue weighted by molar-refractivity contribution is 5.86. The van der Waals surface area contributed by atoms with Gasteiger partial charge in [0.2, 0.25) is 0 Å². The zero-order chi connectivity index (χ0) is 19.3. The summed E-state index contributed by atoms with van der Waals surface area (Å²) in [6.45, 7) is 8.26. The maximum atomic E-state index is 6.04. The lowest BCUT2D eigenvalue weighted by Gasteiger charge is -2.12. The zero-order valence-electron chi connectivity index (χ0n) is 17.7. The number of hydrogen-bond donors (Lipinski definition) is 0. The molecule has 2 heteroatoms. The number of hydrogen-bond acceptors (Lipinski definition) is 2. The van der Waals surface area contributed by atoms with Crippen LogP contribution in [-0.4, -0.2) is 13.2 Å². The minimum atomic E-state index is 0.813. The predicted octanol–water partition coefficient (Wildman–Crippen LogP) is 7.85. The molecule has 0 spiro atoms. The number of aryl methyl sites for hydroxylation is 1. The number of ether oxygens (including phenoxy) is 2. The molecule has 27 heavy (non-hydrogen) atoms. The van der Waals surface area contributed by atoms with Crippen molar-refractivity contribution in [3.63, 3.8) is 0 Å².